The van der Waals surface area contributed by atoms with Gasteiger partial charge < -0.3 is 5.32 Å². The standard InChI is InChI=1S/C42H35N.C16H12/c1-41(2)37-13-9-8-12-33(37)35-22-19-31(25-39(35)41)43-32-20-23-36-34-21-18-30(24-38(34)42(3,4)40(36)26-32)29-16-14-28(15-17-29)27-10-6-5-7-11-27;1-2-7-13(8-3-1)16-12-6-10-14-9-4-5-11-15(14)16/h5-26,43H,1-4H3;1-12H. The molecule has 0 radical (unpaired) electrons. The lowest BCUT2D eigenvalue weighted by molar-refractivity contribution is 0.660. The summed E-state index contributed by atoms with van der Waals surface area (Å²) < 4.78 is 0. The molecule has 0 aromatic heterocycles. The first kappa shape index (κ1) is 36.4. The SMILES string of the molecule is CC1(C)c2ccccc2-c2ccc(Nc3ccc4c(c3)C(C)(C)c3cc(-c5ccc(-c6ccccc6)cc5)ccc3-4)cc21.c1ccc(-c2cccc3ccccc23)cc1. The van der Waals surface area contributed by atoms with E-state index in [0.717, 1.165) is 11.4 Å². The van der Waals surface area contributed by atoms with Crippen LogP contribution in [-0.4, -0.2) is 0 Å². The van der Waals surface area contributed by atoms with E-state index < -0.39 is 0 Å². The zero-order valence-electron chi connectivity index (χ0n) is 34.1. The second kappa shape index (κ2) is 14.5. The fourth-order valence-corrected chi connectivity index (χ4v) is 9.52. The molecule has 0 aliphatic heterocycles. The molecule has 2 aliphatic rings. The van der Waals surface area contributed by atoms with Crippen LogP contribution >= 0.6 is 0 Å². The molecule has 0 saturated heterocycles. The van der Waals surface area contributed by atoms with Crippen molar-refractivity contribution in [2.45, 2.75) is 38.5 Å². The summed E-state index contributed by atoms with van der Waals surface area (Å²) in [6, 6.07) is 74.6. The first-order valence-electron chi connectivity index (χ1n) is 20.8. The van der Waals surface area contributed by atoms with Gasteiger partial charge >= 0.3 is 0 Å². The van der Waals surface area contributed by atoms with Gasteiger partial charge in [0.2, 0.25) is 0 Å². The van der Waals surface area contributed by atoms with E-state index in [0.29, 0.717) is 0 Å². The fourth-order valence-electron chi connectivity index (χ4n) is 9.52. The zero-order valence-corrected chi connectivity index (χ0v) is 34.1. The second-order valence-electron chi connectivity index (χ2n) is 17.0. The normalized spacial score (nSPS) is 13.7. The Morgan fingerprint density at radius 3 is 1.37 bits per heavy atom. The van der Waals surface area contributed by atoms with E-state index in [1.54, 1.807) is 0 Å². The lowest BCUT2D eigenvalue weighted by atomic mass is 9.81. The van der Waals surface area contributed by atoms with Crippen LogP contribution < -0.4 is 5.32 Å². The zero-order chi connectivity index (χ0) is 40.1. The molecule has 9 aromatic rings. The molecule has 1 nitrogen and oxygen atoms in total. The van der Waals surface area contributed by atoms with Crippen molar-refractivity contribution in [1.82, 2.24) is 0 Å². The van der Waals surface area contributed by atoms with Crippen LogP contribution in [0.1, 0.15) is 49.9 Å². The number of hydrogen-bond donors (Lipinski definition) is 1. The largest absolute Gasteiger partial charge is 0.356 e. The van der Waals surface area contributed by atoms with Crippen LogP contribution in [0.25, 0.3) is 66.4 Å². The van der Waals surface area contributed by atoms with E-state index in [9.17, 15) is 0 Å². The molecule has 0 heterocycles. The smallest absolute Gasteiger partial charge is 0.0387 e. The third-order valence-corrected chi connectivity index (χ3v) is 12.7. The molecule has 1 N–H and O–H groups in total. The van der Waals surface area contributed by atoms with Crippen molar-refractivity contribution in [3.05, 3.63) is 229 Å². The Labute approximate surface area is 348 Å². The van der Waals surface area contributed by atoms with Gasteiger partial charge in [-0.3, -0.25) is 0 Å². The van der Waals surface area contributed by atoms with Crippen molar-refractivity contribution in [1.29, 1.82) is 0 Å². The highest BCUT2D eigenvalue weighted by Gasteiger charge is 2.37. The van der Waals surface area contributed by atoms with Gasteiger partial charge in [-0.05, 0) is 119 Å². The number of rotatable bonds is 5. The van der Waals surface area contributed by atoms with Crippen LogP contribution in [0.2, 0.25) is 0 Å². The summed E-state index contributed by atoms with van der Waals surface area (Å²) in [4.78, 5) is 0. The van der Waals surface area contributed by atoms with Gasteiger partial charge in [0.05, 0.1) is 0 Å². The van der Waals surface area contributed by atoms with Crippen LogP contribution in [0.5, 0.6) is 0 Å². The number of nitrogens with one attached hydrogen (secondary N) is 1. The molecule has 284 valence electrons. The van der Waals surface area contributed by atoms with Gasteiger partial charge in [-0.15, -0.1) is 0 Å². The van der Waals surface area contributed by atoms with Crippen molar-refractivity contribution in [2.75, 3.05) is 5.32 Å². The van der Waals surface area contributed by atoms with E-state index in [1.165, 1.54) is 88.7 Å². The van der Waals surface area contributed by atoms with Crippen molar-refractivity contribution in [3.63, 3.8) is 0 Å². The van der Waals surface area contributed by atoms with E-state index in [-0.39, 0.29) is 10.8 Å². The topological polar surface area (TPSA) is 12.0 Å². The molecular weight excluding hydrogens is 711 g/mol. The highest BCUT2D eigenvalue weighted by molar-refractivity contribution is 5.96. The monoisotopic (exact) mass is 757 g/mol. The Morgan fingerprint density at radius 1 is 0.288 bits per heavy atom. The molecule has 0 atom stereocenters. The summed E-state index contributed by atoms with van der Waals surface area (Å²) in [5.41, 5.74) is 20.7. The summed E-state index contributed by atoms with van der Waals surface area (Å²) in [6.45, 7) is 9.39. The Hall–Kier alpha value is -6.96. The van der Waals surface area contributed by atoms with Crippen LogP contribution in [0.4, 0.5) is 11.4 Å². The summed E-state index contributed by atoms with van der Waals surface area (Å²) in [7, 11) is 0. The van der Waals surface area contributed by atoms with Gasteiger partial charge in [-0.25, -0.2) is 0 Å². The fraction of sp³-hybridized carbons (Fsp3) is 0.103. The maximum atomic E-state index is 3.75. The average Bonchev–Trinajstić information content (AvgIpc) is 3.65. The Morgan fingerprint density at radius 2 is 0.712 bits per heavy atom. The van der Waals surface area contributed by atoms with Gasteiger partial charge in [-0.2, -0.15) is 0 Å². The van der Waals surface area contributed by atoms with Crippen LogP contribution in [0, 0.1) is 0 Å². The summed E-state index contributed by atoms with van der Waals surface area (Å²) in [5, 5.41) is 6.36. The number of benzene rings is 9. The van der Waals surface area contributed by atoms with Gasteiger partial charge in [-0.1, -0.05) is 204 Å². The molecule has 0 amide bonds. The molecule has 1 heteroatoms. The molecule has 9 aromatic carbocycles. The summed E-state index contributed by atoms with van der Waals surface area (Å²) in [5.74, 6) is 0. The molecule has 0 saturated carbocycles. The van der Waals surface area contributed by atoms with E-state index in [2.05, 4.69) is 239 Å². The van der Waals surface area contributed by atoms with Gasteiger partial charge in [0, 0.05) is 22.2 Å². The third kappa shape index (κ3) is 6.44. The lowest BCUT2D eigenvalue weighted by Crippen LogP contribution is -2.15. The molecule has 59 heavy (non-hydrogen) atoms. The quantitative estimate of drug-likeness (QED) is 0.184. The molecule has 2 aliphatic carbocycles. The second-order valence-corrected chi connectivity index (χ2v) is 17.0. The third-order valence-electron chi connectivity index (χ3n) is 12.7. The first-order chi connectivity index (χ1) is 28.8. The number of anilines is 2. The highest BCUT2D eigenvalue weighted by Crippen LogP contribution is 2.52. The molecule has 0 fully saturated rings. The van der Waals surface area contributed by atoms with Crippen LogP contribution in [-0.2, 0) is 10.8 Å². The predicted octanol–water partition coefficient (Wildman–Crippen LogP) is 15.9. The van der Waals surface area contributed by atoms with Gasteiger partial charge in [0.1, 0.15) is 0 Å². The molecule has 0 unspecified atom stereocenters. The van der Waals surface area contributed by atoms with Crippen molar-refractivity contribution < 1.29 is 0 Å². The van der Waals surface area contributed by atoms with Gasteiger partial charge in [0.15, 0.2) is 0 Å². The molecule has 0 bridgehead atoms. The van der Waals surface area contributed by atoms with E-state index in [1.807, 2.05) is 0 Å². The molecule has 0 spiro atoms. The minimum Gasteiger partial charge on any atom is -0.356 e. The van der Waals surface area contributed by atoms with Crippen molar-refractivity contribution >= 4 is 22.1 Å². The first-order valence-corrected chi connectivity index (χ1v) is 20.8. The van der Waals surface area contributed by atoms with Crippen LogP contribution in [0.3, 0.4) is 0 Å². The molecule has 11 rings (SSSR count). The molecular formula is C58H47N. The number of fused-ring (bicyclic) bond motifs is 7. The average molecular weight is 758 g/mol. The highest BCUT2D eigenvalue weighted by atomic mass is 14.9. The minimum absolute atomic E-state index is 0.00916. The predicted molar refractivity (Wildman–Crippen MR) is 252 cm³/mol. The summed E-state index contributed by atoms with van der Waals surface area (Å²) in [6.07, 6.45) is 0. The van der Waals surface area contributed by atoms with Gasteiger partial charge in [0.25, 0.3) is 0 Å². The number of hydrogen-bond acceptors (Lipinski definition) is 1. The van der Waals surface area contributed by atoms with Crippen molar-refractivity contribution in [3.8, 4) is 55.6 Å². The van der Waals surface area contributed by atoms with E-state index >= 15 is 0 Å². The Kier molecular flexibility index (Phi) is 8.91. The summed E-state index contributed by atoms with van der Waals surface area (Å²) >= 11 is 0. The maximum absolute atomic E-state index is 3.75. The Balaban J connectivity index is 0.000000219. The minimum atomic E-state index is -0.0933. The lowest BCUT2D eigenvalue weighted by Gasteiger charge is -2.23. The van der Waals surface area contributed by atoms with Crippen LogP contribution in [0.15, 0.2) is 206 Å². The van der Waals surface area contributed by atoms with E-state index in [4.69, 9.17) is 0 Å². The Bertz CT molecular complexity index is 2980. The van der Waals surface area contributed by atoms with Crippen molar-refractivity contribution in [2.24, 2.45) is 0 Å². The maximum Gasteiger partial charge on any atom is 0.0387 e.